The Morgan fingerprint density at radius 2 is 1.89 bits per heavy atom. The molecule has 1 aliphatic heterocycles. The number of hydrogen-bond acceptors (Lipinski definition) is 2. The first-order chi connectivity index (χ1) is 9.10. The van der Waals surface area contributed by atoms with Crippen LogP contribution in [0.4, 0.5) is 0 Å². The van der Waals surface area contributed by atoms with Crippen molar-refractivity contribution in [3.8, 4) is 0 Å². The fourth-order valence-electron chi connectivity index (χ4n) is 3.96. The summed E-state index contributed by atoms with van der Waals surface area (Å²) in [7, 11) is 0. The molecule has 2 rings (SSSR count). The van der Waals surface area contributed by atoms with Gasteiger partial charge in [0.15, 0.2) is 0 Å². The third-order valence-corrected chi connectivity index (χ3v) is 5.02. The second kappa shape index (κ2) is 6.25. The highest BCUT2D eigenvalue weighted by molar-refractivity contribution is 5.84. The molecule has 1 N–H and O–H groups in total. The number of nitrogens with zero attached hydrogens (tertiary/aromatic N) is 1. The van der Waals surface area contributed by atoms with Crippen molar-refractivity contribution in [2.24, 2.45) is 11.8 Å². The summed E-state index contributed by atoms with van der Waals surface area (Å²) < 4.78 is 0. The molecule has 0 aromatic carbocycles. The van der Waals surface area contributed by atoms with Gasteiger partial charge in [-0.05, 0) is 37.5 Å². The number of carbonyl (C=O) groups excluding carboxylic acids is 1. The zero-order chi connectivity index (χ0) is 14.0. The monoisotopic (exact) mass is 266 g/mol. The predicted molar refractivity (Wildman–Crippen MR) is 78.7 cm³/mol. The highest BCUT2D eigenvalue weighted by Gasteiger charge is 2.45. The molecule has 1 aliphatic carbocycles. The Balaban J connectivity index is 2.20. The number of carbonyl (C=O) groups is 1. The number of hydrogen-bond donors (Lipinski definition) is 1. The molecule has 2 aliphatic rings. The molecule has 0 aromatic rings. The van der Waals surface area contributed by atoms with Gasteiger partial charge in [-0.15, -0.1) is 0 Å². The maximum absolute atomic E-state index is 12.7. The van der Waals surface area contributed by atoms with E-state index in [1.807, 2.05) is 0 Å². The van der Waals surface area contributed by atoms with Crippen LogP contribution in [0.15, 0.2) is 0 Å². The molecule has 0 spiro atoms. The Hall–Kier alpha value is -0.570. The van der Waals surface area contributed by atoms with E-state index >= 15 is 0 Å². The van der Waals surface area contributed by atoms with Crippen molar-refractivity contribution in [1.82, 2.24) is 10.2 Å². The van der Waals surface area contributed by atoms with Crippen molar-refractivity contribution in [3.05, 3.63) is 0 Å². The van der Waals surface area contributed by atoms with Crippen LogP contribution in [0.5, 0.6) is 0 Å². The molecular weight excluding hydrogens is 236 g/mol. The summed E-state index contributed by atoms with van der Waals surface area (Å²) in [6, 6.07) is 0.445. The van der Waals surface area contributed by atoms with Gasteiger partial charge in [-0.1, -0.05) is 40.5 Å². The van der Waals surface area contributed by atoms with Crippen LogP contribution < -0.4 is 5.32 Å². The number of rotatable bonds is 5. The van der Waals surface area contributed by atoms with Crippen molar-refractivity contribution in [2.75, 3.05) is 0 Å². The van der Waals surface area contributed by atoms with Gasteiger partial charge in [0, 0.05) is 6.04 Å². The quantitative estimate of drug-likeness (QED) is 0.829. The van der Waals surface area contributed by atoms with Gasteiger partial charge in [0.1, 0.15) is 0 Å². The second-order valence-corrected chi connectivity index (χ2v) is 6.58. The fraction of sp³-hybridized carbons (Fsp3) is 0.938. The minimum absolute atomic E-state index is 0.0541. The van der Waals surface area contributed by atoms with Gasteiger partial charge in [-0.3, -0.25) is 10.1 Å². The van der Waals surface area contributed by atoms with Crippen LogP contribution in [-0.4, -0.2) is 29.1 Å². The molecule has 1 saturated heterocycles. The Kier molecular flexibility index (Phi) is 4.88. The van der Waals surface area contributed by atoms with E-state index in [4.69, 9.17) is 0 Å². The lowest BCUT2D eigenvalue weighted by Gasteiger charge is -2.37. The topological polar surface area (TPSA) is 32.3 Å². The maximum Gasteiger partial charge on any atom is 0.241 e. The van der Waals surface area contributed by atoms with Crippen molar-refractivity contribution in [3.63, 3.8) is 0 Å². The van der Waals surface area contributed by atoms with Gasteiger partial charge in [0.25, 0.3) is 0 Å². The molecule has 19 heavy (non-hydrogen) atoms. The minimum Gasteiger partial charge on any atom is -0.322 e. The molecule has 110 valence electrons. The van der Waals surface area contributed by atoms with E-state index < -0.39 is 0 Å². The predicted octanol–water partition coefficient (Wildman–Crippen LogP) is 3.15. The second-order valence-electron chi connectivity index (χ2n) is 6.58. The van der Waals surface area contributed by atoms with Gasteiger partial charge in [-0.25, -0.2) is 0 Å². The van der Waals surface area contributed by atoms with E-state index in [1.54, 1.807) is 0 Å². The van der Waals surface area contributed by atoms with Gasteiger partial charge in [0.2, 0.25) is 5.91 Å². The highest BCUT2D eigenvalue weighted by Crippen LogP contribution is 2.35. The Morgan fingerprint density at radius 1 is 1.26 bits per heavy atom. The molecular formula is C16H30N2O. The average molecular weight is 266 g/mol. The molecule has 0 radical (unpaired) electrons. The minimum atomic E-state index is 0.0541. The molecule has 3 atom stereocenters. The lowest BCUT2D eigenvalue weighted by molar-refractivity contribution is -0.134. The number of amides is 1. The van der Waals surface area contributed by atoms with Gasteiger partial charge < -0.3 is 4.90 Å². The Morgan fingerprint density at radius 3 is 2.37 bits per heavy atom. The van der Waals surface area contributed by atoms with Crippen LogP contribution in [0.25, 0.3) is 0 Å². The summed E-state index contributed by atoms with van der Waals surface area (Å²) in [5.74, 6) is 1.56. The van der Waals surface area contributed by atoms with Crippen LogP contribution in [-0.2, 0) is 4.79 Å². The van der Waals surface area contributed by atoms with Gasteiger partial charge in [-0.2, -0.15) is 0 Å². The third kappa shape index (κ3) is 2.81. The van der Waals surface area contributed by atoms with Crippen LogP contribution in [0.3, 0.4) is 0 Å². The zero-order valence-corrected chi connectivity index (χ0v) is 13.0. The molecule has 1 amide bonds. The first kappa shape index (κ1) is 14.8. The van der Waals surface area contributed by atoms with Crippen LogP contribution >= 0.6 is 0 Å². The van der Waals surface area contributed by atoms with Crippen molar-refractivity contribution in [1.29, 1.82) is 0 Å². The molecule has 3 nitrogen and oxygen atoms in total. The van der Waals surface area contributed by atoms with E-state index in [0.717, 1.165) is 12.8 Å². The smallest absolute Gasteiger partial charge is 0.241 e. The lowest BCUT2D eigenvalue weighted by Crippen LogP contribution is -2.49. The molecule has 3 heteroatoms. The van der Waals surface area contributed by atoms with Crippen molar-refractivity contribution < 1.29 is 4.79 Å². The largest absolute Gasteiger partial charge is 0.322 e. The van der Waals surface area contributed by atoms with Crippen LogP contribution in [0.1, 0.15) is 66.2 Å². The SMILES string of the molecule is CCC1NC(C2CCCC2)N(C(CC)C(C)C)C1=O. The third-order valence-electron chi connectivity index (χ3n) is 5.02. The van der Waals surface area contributed by atoms with Crippen molar-refractivity contribution in [2.45, 2.75) is 84.5 Å². The molecule has 1 saturated carbocycles. The average Bonchev–Trinajstić information content (AvgIpc) is 2.99. The summed E-state index contributed by atoms with van der Waals surface area (Å²) in [6.07, 6.45) is 7.50. The van der Waals surface area contributed by atoms with E-state index in [2.05, 4.69) is 37.9 Å². The van der Waals surface area contributed by atoms with Crippen LogP contribution in [0.2, 0.25) is 0 Å². The molecule has 0 aromatic heterocycles. The summed E-state index contributed by atoms with van der Waals surface area (Å²) >= 11 is 0. The number of nitrogens with one attached hydrogen (secondary N) is 1. The summed E-state index contributed by atoms with van der Waals surface area (Å²) in [6.45, 7) is 8.81. The summed E-state index contributed by atoms with van der Waals surface area (Å²) in [5, 5.41) is 3.63. The fourth-order valence-corrected chi connectivity index (χ4v) is 3.96. The zero-order valence-electron chi connectivity index (χ0n) is 13.0. The van der Waals surface area contributed by atoms with E-state index in [0.29, 0.717) is 30.0 Å². The van der Waals surface area contributed by atoms with Crippen molar-refractivity contribution >= 4 is 5.91 Å². The first-order valence-electron chi connectivity index (χ1n) is 8.18. The Labute approximate surface area is 118 Å². The standard InChI is InChI=1S/C16H30N2O/c1-5-13-16(19)18(14(6-2)11(3)4)15(17-13)12-9-7-8-10-12/h11-15,17H,5-10H2,1-4H3. The molecule has 0 bridgehead atoms. The van der Waals surface area contributed by atoms with E-state index in [-0.39, 0.29) is 6.04 Å². The van der Waals surface area contributed by atoms with E-state index in [9.17, 15) is 4.79 Å². The van der Waals surface area contributed by atoms with Gasteiger partial charge in [0.05, 0.1) is 12.2 Å². The summed E-state index contributed by atoms with van der Waals surface area (Å²) in [5.41, 5.74) is 0. The molecule has 2 fully saturated rings. The molecule has 3 unspecified atom stereocenters. The van der Waals surface area contributed by atoms with E-state index in [1.165, 1.54) is 25.7 Å². The van der Waals surface area contributed by atoms with Gasteiger partial charge >= 0.3 is 0 Å². The molecule has 1 heterocycles. The summed E-state index contributed by atoms with van der Waals surface area (Å²) in [4.78, 5) is 14.9. The lowest BCUT2D eigenvalue weighted by atomic mass is 9.96. The normalized spacial score (nSPS) is 30.6. The highest BCUT2D eigenvalue weighted by atomic mass is 16.2. The Bertz CT molecular complexity index is 310. The maximum atomic E-state index is 12.7. The first-order valence-corrected chi connectivity index (χ1v) is 8.18. The van der Waals surface area contributed by atoms with Crippen LogP contribution in [0, 0.1) is 11.8 Å².